The Hall–Kier alpha value is -2.38. The molecule has 1 amide bonds. The van der Waals surface area contributed by atoms with E-state index in [1.807, 2.05) is 31.2 Å². The highest BCUT2D eigenvalue weighted by Gasteiger charge is 2.21. The zero-order valence-electron chi connectivity index (χ0n) is 19.1. The molecule has 1 unspecified atom stereocenters. The molecule has 0 aromatic heterocycles. The van der Waals surface area contributed by atoms with E-state index in [2.05, 4.69) is 23.6 Å². The van der Waals surface area contributed by atoms with Gasteiger partial charge in [-0.1, -0.05) is 12.1 Å². The van der Waals surface area contributed by atoms with Gasteiger partial charge in [0, 0.05) is 56.8 Å². The highest BCUT2D eigenvalue weighted by atomic mass is 32.2. The van der Waals surface area contributed by atoms with Crippen molar-refractivity contribution in [1.82, 2.24) is 9.80 Å². The molecule has 2 aromatic rings. The van der Waals surface area contributed by atoms with Crippen molar-refractivity contribution in [3.63, 3.8) is 0 Å². The second-order valence-electron chi connectivity index (χ2n) is 8.60. The van der Waals surface area contributed by atoms with Crippen molar-refractivity contribution < 1.29 is 13.2 Å². The smallest absolute Gasteiger partial charge is 0.254 e. The first-order valence-electron chi connectivity index (χ1n) is 10.7. The van der Waals surface area contributed by atoms with Crippen molar-refractivity contribution >= 4 is 21.4 Å². The van der Waals surface area contributed by atoms with Crippen molar-refractivity contribution in [2.75, 3.05) is 44.4 Å². The zero-order chi connectivity index (χ0) is 22.8. The molecule has 3 rings (SSSR count). The van der Waals surface area contributed by atoms with Crippen LogP contribution >= 0.6 is 0 Å². The summed E-state index contributed by atoms with van der Waals surface area (Å²) in [6, 6.07) is 14.9. The van der Waals surface area contributed by atoms with Crippen molar-refractivity contribution in [1.29, 1.82) is 0 Å². The number of nitrogens with zero attached hydrogens (tertiary/aromatic N) is 3. The fraction of sp³-hybridized carbons (Fsp3) is 0.458. The van der Waals surface area contributed by atoms with Crippen molar-refractivity contribution in [2.24, 2.45) is 0 Å². The third kappa shape index (κ3) is 5.46. The van der Waals surface area contributed by atoms with Gasteiger partial charge >= 0.3 is 0 Å². The molecule has 1 aliphatic heterocycles. The van der Waals surface area contributed by atoms with Crippen LogP contribution in [0.1, 0.15) is 42.7 Å². The first-order chi connectivity index (χ1) is 14.6. The monoisotopic (exact) mass is 443 g/mol. The van der Waals surface area contributed by atoms with Gasteiger partial charge in [-0.3, -0.25) is 9.69 Å². The van der Waals surface area contributed by atoms with E-state index in [4.69, 9.17) is 0 Å². The standard InChI is InChI=1S/C24H33N3O3S/c1-18(2)26-14-16-27(17-15-26)22-10-6-21(7-11-22)24(28)25(4)19(3)20-8-12-23(13-9-20)31(5,29)30/h6-13,18-19H,14-17H2,1-5H3. The van der Waals surface area contributed by atoms with Crippen LogP contribution in [-0.4, -0.2) is 69.6 Å². The van der Waals surface area contributed by atoms with Gasteiger partial charge in [-0.15, -0.1) is 0 Å². The highest BCUT2D eigenvalue weighted by Crippen LogP contribution is 2.24. The van der Waals surface area contributed by atoms with Crippen LogP contribution in [0.3, 0.4) is 0 Å². The Kier molecular flexibility index (Phi) is 7.06. The van der Waals surface area contributed by atoms with E-state index in [1.54, 1.807) is 36.2 Å². The lowest BCUT2D eigenvalue weighted by molar-refractivity contribution is 0.0742. The van der Waals surface area contributed by atoms with Gasteiger partial charge in [-0.05, 0) is 62.7 Å². The molecule has 1 aliphatic rings. The molecule has 31 heavy (non-hydrogen) atoms. The molecule has 0 bridgehead atoms. The maximum absolute atomic E-state index is 13.0. The van der Waals surface area contributed by atoms with Crippen LogP contribution in [-0.2, 0) is 9.84 Å². The average Bonchev–Trinajstić information content (AvgIpc) is 2.77. The van der Waals surface area contributed by atoms with Crippen molar-refractivity contribution in [2.45, 2.75) is 37.8 Å². The maximum Gasteiger partial charge on any atom is 0.254 e. The molecule has 0 radical (unpaired) electrons. The third-order valence-electron chi connectivity index (χ3n) is 6.22. The fourth-order valence-electron chi connectivity index (χ4n) is 3.91. The minimum Gasteiger partial charge on any atom is -0.369 e. The summed E-state index contributed by atoms with van der Waals surface area (Å²) in [5.74, 6) is -0.0594. The number of amides is 1. The number of piperazine rings is 1. The van der Waals surface area contributed by atoms with Gasteiger partial charge in [0.15, 0.2) is 9.84 Å². The van der Waals surface area contributed by atoms with Crippen molar-refractivity contribution in [3.05, 3.63) is 59.7 Å². The molecule has 0 saturated carbocycles. The van der Waals surface area contributed by atoms with Gasteiger partial charge in [0.25, 0.3) is 5.91 Å². The molecule has 7 heteroatoms. The fourth-order valence-corrected chi connectivity index (χ4v) is 4.54. The van der Waals surface area contributed by atoms with E-state index in [9.17, 15) is 13.2 Å². The predicted molar refractivity (Wildman–Crippen MR) is 125 cm³/mol. The largest absolute Gasteiger partial charge is 0.369 e. The van der Waals surface area contributed by atoms with E-state index in [1.165, 1.54) is 6.26 Å². The van der Waals surface area contributed by atoms with Gasteiger partial charge in [0.1, 0.15) is 0 Å². The Morgan fingerprint density at radius 2 is 1.45 bits per heavy atom. The molecule has 0 aliphatic carbocycles. The molecule has 1 fully saturated rings. The number of hydrogen-bond donors (Lipinski definition) is 0. The summed E-state index contributed by atoms with van der Waals surface area (Å²) in [5, 5.41) is 0. The maximum atomic E-state index is 13.0. The second-order valence-corrected chi connectivity index (χ2v) is 10.6. The number of sulfone groups is 1. The second kappa shape index (κ2) is 9.40. The van der Waals surface area contributed by atoms with Crippen molar-refractivity contribution in [3.8, 4) is 0 Å². The van der Waals surface area contributed by atoms with Gasteiger partial charge < -0.3 is 9.80 Å². The Morgan fingerprint density at radius 1 is 0.903 bits per heavy atom. The van der Waals surface area contributed by atoms with E-state index in [0.717, 1.165) is 37.4 Å². The summed E-state index contributed by atoms with van der Waals surface area (Å²) in [6.45, 7) is 10.5. The average molecular weight is 444 g/mol. The lowest BCUT2D eigenvalue weighted by atomic mass is 10.1. The van der Waals surface area contributed by atoms with Crippen LogP contribution in [0.2, 0.25) is 0 Å². The lowest BCUT2D eigenvalue weighted by Gasteiger charge is -2.38. The Labute approximate surface area is 186 Å². The summed E-state index contributed by atoms with van der Waals surface area (Å²) in [6.07, 6.45) is 1.19. The molecular formula is C24H33N3O3S. The van der Waals surface area contributed by atoms with Gasteiger partial charge in [0.2, 0.25) is 0 Å². The summed E-state index contributed by atoms with van der Waals surface area (Å²) < 4.78 is 23.3. The Balaban J connectivity index is 1.65. The van der Waals surface area contributed by atoms with Gasteiger partial charge in [-0.2, -0.15) is 0 Å². The van der Waals surface area contributed by atoms with E-state index >= 15 is 0 Å². The SMILES string of the molecule is CC(C)N1CCN(c2ccc(C(=O)N(C)C(C)c3ccc(S(C)(=O)=O)cc3)cc2)CC1. The summed E-state index contributed by atoms with van der Waals surface area (Å²) in [5.41, 5.74) is 2.68. The van der Waals surface area contributed by atoms with E-state index in [-0.39, 0.29) is 16.8 Å². The highest BCUT2D eigenvalue weighted by molar-refractivity contribution is 7.90. The summed E-state index contributed by atoms with van der Waals surface area (Å²) >= 11 is 0. The predicted octanol–water partition coefficient (Wildman–Crippen LogP) is 3.45. The van der Waals surface area contributed by atoms with Crippen LogP contribution in [0.4, 0.5) is 5.69 Å². The Bertz CT molecular complexity index is 993. The number of carbonyl (C=O) groups excluding carboxylic acids is 1. The number of carbonyl (C=O) groups is 1. The topological polar surface area (TPSA) is 60.9 Å². The Morgan fingerprint density at radius 3 is 1.94 bits per heavy atom. The lowest BCUT2D eigenvalue weighted by Crippen LogP contribution is -2.48. The molecule has 1 heterocycles. The molecular weight excluding hydrogens is 410 g/mol. The van der Waals surface area contributed by atoms with Gasteiger partial charge in [0.05, 0.1) is 10.9 Å². The summed E-state index contributed by atoms with van der Waals surface area (Å²) in [7, 11) is -1.46. The minimum atomic E-state index is -3.23. The normalized spacial score (nSPS) is 16.4. The van der Waals surface area contributed by atoms with Crippen LogP contribution in [0, 0.1) is 0 Å². The summed E-state index contributed by atoms with van der Waals surface area (Å²) in [4.78, 5) is 19.8. The van der Waals surface area contributed by atoms with E-state index < -0.39 is 9.84 Å². The first-order valence-corrected chi connectivity index (χ1v) is 12.6. The molecule has 168 valence electrons. The number of rotatable bonds is 6. The minimum absolute atomic E-state index is 0.0594. The molecule has 0 spiro atoms. The quantitative estimate of drug-likeness (QED) is 0.684. The first kappa shape index (κ1) is 23.3. The third-order valence-corrected chi connectivity index (χ3v) is 7.34. The van der Waals surface area contributed by atoms with E-state index in [0.29, 0.717) is 11.6 Å². The van der Waals surface area contributed by atoms with Crippen LogP contribution in [0.5, 0.6) is 0 Å². The number of benzene rings is 2. The number of anilines is 1. The van der Waals surface area contributed by atoms with Crippen LogP contribution in [0.15, 0.2) is 53.4 Å². The van der Waals surface area contributed by atoms with Crippen LogP contribution in [0.25, 0.3) is 0 Å². The number of hydrogen-bond acceptors (Lipinski definition) is 5. The van der Waals surface area contributed by atoms with Gasteiger partial charge in [-0.25, -0.2) is 8.42 Å². The molecule has 6 nitrogen and oxygen atoms in total. The molecule has 0 N–H and O–H groups in total. The molecule has 2 aromatic carbocycles. The zero-order valence-corrected chi connectivity index (χ0v) is 19.9. The van der Waals surface area contributed by atoms with Crippen LogP contribution < -0.4 is 4.90 Å². The molecule has 1 atom stereocenters. The molecule has 1 saturated heterocycles.